The van der Waals surface area contributed by atoms with Gasteiger partial charge in [-0.25, -0.2) is 0 Å². The zero-order valence-corrected chi connectivity index (χ0v) is 32.1. The van der Waals surface area contributed by atoms with Gasteiger partial charge < -0.3 is 9.47 Å². The van der Waals surface area contributed by atoms with Gasteiger partial charge in [0.15, 0.2) is 0 Å². The molecule has 0 saturated carbocycles. The Labute approximate surface area is 337 Å². The van der Waals surface area contributed by atoms with Gasteiger partial charge >= 0.3 is 0 Å². The first-order valence-corrected chi connectivity index (χ1v) is 20.5. The SMILES string of the molecule is C1=CC2Sc3ccccc3C2C=C1N(c1ccc(-c2ccccc2)cc1)c1cccc(-c2cccc(-c3ccc4c(c3)c3ccccc3n4-c3ccccc3)c2)c1. The number of rotatable bonds is 7. The average molecular weight is 747 g/mol. The van der Waals surface area contributed by atoms with Crippen molar-refractivity contribution in [2.75, 3.05) is 4.90 Å². The summed E-state index contributed by atoms with van der Waals surface area (Å²) in [6.45, 7) is 0. The number of fused-ring (bicyclic) bond motifs is 6. The molecule has 3 heteroatoms. The van der Waals surface area contributed by atoms with E-state index in [0.29, 0.717) is 11.2 Å². The second kappa shape index (κ2) is 14.0. The minimum Gasteiger partial charge on any atom is -0.311 e. The van der Waals surface area contributed by atoms with Crippen LogP contribution in [0.2, 0.25) is 0 Å². The molecule has 11 rings (SSSR count). The standard InChI is InChI=1S/C54H38N2S/c1-3-13-37(14-4-1)38-25-28-44(29-26-38)55(46-30-32-54-50(36-46)48-22-8-10-24-53(48)57-54)45-20-12-17-41(34-45)39-15-11-16-40(33-39)42-27-31-52-49(35-42)47-21-7-9-23-51(47)56(52)43-18-5-2-6-19-43/h1-36,50,54H. The molecule has 9 aromatic rings. The van der Waals surface area contributed by atoms with E-state index >= 15 is 0 Å². The first-order valence-electron chi connectivity index (χ1n) is 19.7. The largest absolute Gasteiger partial charge is 0.311 e. The number of hydrogen-bond acceptors (Lipinski definition) is 2. The van der Waals surface area contributed by atoms with Crippen LogP contribution in [-0.2, 0) is 0 Å². The Morgan fingerprint density at radius 1 is 0.439 bits per heavy atom. The highest BCUT2D eigenvalue weighted by molar-refractivity contribution is 8.00. The lowest BCUT2D eigenvalue weighted by Crippen LogP contribution is -2.20. The third-order valence-electron chi connectivity index (χ3n) is 11.5. The first kappa shape index (κ1) is 33.5. The molecular formula is C54H38N2S. The molecule has 57 heavy (non-hydrogen) atoms. The van der Waals surface area contributed by atoms with Crippen LogP contribution in [0.5, 0.6) is 0 Å². The molecule has 1 aliphatic heterocycles. The van der Waals surface area contributed by atoms with Crippen LogP contribution in [0.1, 0.15) is 11.5 Å². The van der Waals surface area contributed by atoms with Gasteiger partial charge in [-0.1, -0.05) is 146 Å². The van der Waals surface area contributed by atoms with E-state index in [1.54, 1.807) is 0 Å². The van der Waals surface area contributed by atoms with Crippen LogP contribution < -0.4 is 4.90 Å². The molecule has 0 spiro atoms. The summed E-state index contributed by atoms with van der Waals surface area (Å²) >= 11 is 1.97. The number of hydrogen-bond donors (Lipinski definition) is 0. The van der Waals surface area contributed by atoms with Crippen LogP contribution in [0, 0.1) is 0 Å². The molecule has 0 amide bonds. The van der Waals surface area contributed by atoms with Crippen LogP contribution in [0.4, 0.5) is 11.4 Å². The zero-order chi connectivity index (χ0) is 37.7. The minimum absolute atomic E-state index is 0.330. The van der Waals surface area contributed by atoms with E-state index < -0.39 is 0 Å². The normalized spacial score (nSPS) is 15.7. The molecule has 8 aromatic carbocycles. The molecule has 2 heterocycles. The number of anilines is 2. The van der Waals surface area contributed by atoms with Gasteiger partial charge in [0.05, 0.1) is 11.0 Å². The molecule has 2 unspecified atom stereocenters. The highest BCUT2D eigenvalue weighted by atomic mass is 32.2. The molecule has 0 radical (unpaired) electrons. The molecule has 1 aliphatic carbocycles. The van der Waals surface area contributed by atoms with E-state index in [4.69, 9.17) is 0 Å². The Balaban J connectivity index is 0.986. The molecule has 0 saturated heterocycles. The van der Waals surface area contributed by atoms with Crippen molar-refractivity contribution in [2.24, 2.45) is 0 Å². The van der Waals surface area contributed by atoms with Gasteiger partial charge in [0.2, 0.25) is 0 Å². The summed E-state index contributed by atoms with van der Waals surface area (Å²) in [6, 6.07) is 72.9. The van der Waals surface area contributed by atoms with Gasteiger partial charge in [-0.3, -0.25) is 0 Å². The number of nitrogens with zero attached hydrogens (tertiary/aromatic N) is 2. The third kappa shape index (κ3) is 5.99. The predicted octanol–water partition coefficient (Wildman–Crippen LogP) is 14.6. The van der Waals surface area contributed by atoms with Gasteiger partial charge in [-0.2, -0.15) is 0 Å². The Morgan fingerprint density at radius 3 is 1.88 bits per heavy atom. The molecule has 2 aliphatic rings. The highest BCUT2D eigenvalue weighted by Crippen LogP contribution is 2.50. The fourth-order valence-corrected chi connectivity index (χ4v) is 10.1. The van der Waals surface area contributed by atoms with E-state index in [0.717, 1.165) is 11.4 Å². The average Bonchev–Trinajstić information content (AvgIpc) is 3.83. The van der Waals surface area contributed by atoms with E-state index in [1.807, 2.05) is 11.8 Å². The molecule has 2 nitrogen and oxygen atoms in total. The molecule has 0 fully saturated rings. The summed E-state index contributed by atoms with van der Waals surface area (Å²) < 4.78 is 2.37. The van der Waals surface area contributed by atoms with Crippen molar-refractivity contribution in [3.8, 4) is 39.1 Å². The summed E-state index contributed by atoms with van der Waals surface area (Å²) in [5.41, 5.74) is 15.7. The summed E-state index contributed by atoms with van der Waals surface area (Å²) in [5.74, 6) is 0.330. The predicted molar refractivity (Wildman–Crippen MR) is 242 cm³/mol. The Hall–Kier alpha value is -6.81. The Morgan fingerprint density at radius 2 is 1.05 bits per heavy atom. The fourth-order valence-electron chi connectivity index (χ4n) is 8.78. The van der Waals surface area contributed by atoms with Crippen molar-refractivity contribution in [3.63, 3.8) is 0 Å². The summed E-state index contributed by atoms with van der Waals surface area (Å²) in [4.78, 5) is 3.81. The summed E-state index contributed by atoms with van der Waals surface area (Å²) in [6.07, 6.45) is 7.20. The molecule has 0 N–H and O–H groups in total. The maximum Gasteiger partial charge on any atom is 0.0541 e. The number of para-hydroxylation sites is 2. The van der Waals surface area contributed by atoms with Gasteiger partial charge in [-0.15, -0.1) is 11.8 Å². The van der Waals surface area contributed by atoms with Crippen LogP contribution in [-0.4, -0.2) is 9.82 Å². The minimum atomic E-state index is 0.330. The summed E-state index contributed by atoms with van der Waals surface area (Å²) in [5, 5.41) is 2.93. The summed E-state index contributed by atoms with van der Waals surface area (Å²) in [7, 11) is 0. The molecular weight excluding hydrogens is 709 g/mol. The zero-order valence-electron chi connectivity index (χ0n) is 31.2. The van der Waals surface area contributed by atoms with Crippen molar-refractivity contribution in [2.45, 2.75) is 16.1 Å². The highest BCUT2D eigenvalue weighted by Gasteiger charge is 2.33. The number of benzene rings is 8. The van der Waals surface area contributed by atoms with Crippen molar-refractivity contribution in [1.29, 1.82) is 0 Å². The lowest BCUT2D eigenvalue weighted by molar-refractivity contribution is 0.863. The second-order valence-corrected chi connectivity index (χ2v) is 16.1. The molecule has 270 valence electrons. The van der Waals surface area contributed by atoms with Crippen LogP contribution >= 0.6 is 11.8 Å². The number of allylic oxidation sites excluding steroid dienone is 2. The van der Waals surface area contributed by atoms with Gasteiger partial charge in [0.1, 0.15) is 0 Å². The first-order chi connectivity index (χ1) is 28.2. The van der Waals surface area contributed by atoms with E-state index in [1.165, 1.54) is 77.0 Å². The van der Waals surface area contributed by atoms with E-state index in [-0.39, 0.29) is 0 Å². The molecule has 0 bridgehead atoms. The van der Waals surface area contributed by atoms with Gasteiger partial charge in [0, 0.05) is 49.6 Å². The van der Waals surface area contributed by atoms with Crippen molar-refractivity contribution in [3.05, 3.63) is 230 Å². The topological polar surface area (TPSA) is 8.17 Å². The second-order valence-electron chi connectivity index (χ2n) is 14.9. The van der Waals surface area contributed by atoms with Crippen molar-refractivity contribution >= 4 is 44.9 Å². The number of aromatic nitrogens is 1. The smallest absolute Gasteiger partial charge is 0.0541 e. The third-order valence-corrected chi connectivity index (χ3v) is 12.9. The fraction of sp³-hybridized carbons (Fsp3) is 0.0370. The molecule has 1 aromatic heterocycles. The lowest BCUT2D eigenvalue weighted by Gasteiger charge is -2.30. The maximum atomic E-state index is 2.48. The maximum absolute atomic E-state index is 2.48. The van der Waals surface area contributed by atoms with Gasteiger partial charge in [-0.05, 0) is 112 Å². The van der Waals surface area contributed by atoms with Crippen LogP contribution in [0.15, 0.2) is 229 Å². The van der Waals surface area contributed by atoms with Crippen molar-refractivity contribution in [1.82, 2.24) is 4.57 Å². The Bertz CT molecular complexity index is 2990. The quantitative estimate of drug-likeness (QED) is 0.160. The van der Waals surface area contributed by atoms with E-state index in [2.05, 4.69) is 228 Å². The number of thioether (sulfide) groups is 1. The van der Waals surface area contributed by atoms with Crippen molar-refractivity contribution < 1.29 is 0 Å². The van der Waals surface area contributed by atoms with Crippen LogP contribution in [0.25, 0.3) is 60.9 Å². The monoisotopic (exact) mass is 746 g/mol. The van der Waals surface area contributed by atoms with E-state index in [9.17, 15) is 0 Å². The van der Waals surface area contributed by atoms with Gasteiger partial charge in [0.25, 0.3) is 0 Å². The molecule has 2 atom stereocenters. The lowest BCUT2D eigenvalue weighted by atomic mass is 9.90. The Kier molecular flexibility index (Phi) is 8.26. The van der Waals surface area contributed by atoms with Crippen LogP contribution in [0.3, 0.4) is 0 Å².